The molecule has 0 aromatic rings. The molecule has 0 fully saturated rings. The molecule has 0 aromatic heterocycles. The van der Waals surface area contributed by atoms with E-state index in [1.807, 2.05) is 20.8 Å². The summed E-state index contributed by atoms with van der Waals surface area (Å²) in [6, 6.07) is 2.23. The zero-order valence-corrected chi connectivity index (χ0v) is 11.8. The fourth-order valence-electron chi connectivity index (χ4n) is 1.75. The van der Waals surface area contributed by atoms with Crippen LogP contribution < -0.4 is 5.32 Å². The summed E-state index contributed by atoms with van der Waals surface area (Å²) < 4.78 is 0. The molecule has 1 amide bonds. The Balaban J connectivity index is 3.99. The van der Waals surface area contributed by atoms with Gasteiger partial charge in [0, 0.05) is 6.04 Å². The van der Waals surface area contributed by atoms with Crippen LogP contribution in [0.1, 0.15) is 53.9 Å². The van der Waals surface area contributed by atoms with E-state index in [4.69, 9.17) is 5.26 Å². The predicted molar refractivity (Wildman–Crippen MR) is 70.2 cm³/mol. The quantitative estimate of drug-likeness (QED) is 0.741. The SMILES string of the molecule is CC(C)CCCC(C)NC(=O)C(C#N)C(C)C. The maximum Gasteiger partial charge on any atom is 0.237 e. The topological polar surface area (TPSA) is 52.9 Å². The maximum atomic E-state index is 11.8. The Labute approximate surface area is 106 Å². The summed E-state index contributed by atoms with van der Waals surface area (Å²) in [5, 5.41) is 11.8. The molecule has 1 N–H and O–H groups in total. The Morgan fingerprint density at radius 2 is 1.76 bits per heavy atom. The van der Waals surface area contributed by atoms with Crippen LogP contribution in [0, 0.1) is 29.1 Å². The van der Waals surface area contributed by atoms with Gasteiger partial charge >= 0.3 is 0 Å². The number of rotatable bonds is 7. The predicted octanol–water partition coefficient (Wildman–Crippen LogP) is 3.11. The molecule has 2 atom stereocenters. The summed E-state index contributed by atoms with van der Waals surface area (Å²) in [7, 11) is 0. The molecule has 0 heterocycles. The van der Waals surface area contributed by atoms with Gasteiger partial charge in [-0.1, -0.05) is 40.5 Å². The fourth-order valence-corrected chi connectivity index (χ4v) is 1.75. The van der Waals surface area contributed by atoms with Crippen LogP contribution in [0.15, 0.2) is 0 Å². The minimum Gasteiger partial charge on any atom is -0.353 e. The number of carbonyl (C=O) groups is 1. The minimum atomic E-state index is -0.525. The smallest absolute Gasteiger partial charge is 0.237 e. The molecule has 3 heteroatoms. The number of hydrogen-bond acceptors (Lipinski definition) is 2. The second-order valence-corrected chi connectivity index (χ2v) is 5.59. The van der Waals surface area contributed by atoms with Crippen molar-refractivity contribution in [2.45, 2.75) is 59.9 Å². The number of carbonyl (C=O) groups excluding carboxylic acids is 1. The molecule has 0 aliphatic rings. The first-order valence-corrected chi connectivity index (χ1v) is 6.58. The van der Waals surface area contributed by atoms with Crippen molar-refractivity contribution in [3.63, 3.8) is 0 Å². The van der Waals surface area contributed by atoms with E-state index in [1.54, 1.807) is 0 Å². The van der Waals surface area contributed by atoms with Gasteiger partial charge in [-0.2, -0.15) is 5.26 Å². The van der Waals surface area contributed by atoms with Crippen molar-refractivity contribution < 1.29 is 4.79 Å². The van der Waals surface area contributed by atoms with Gasteiger partial charge in [-0.15, -0.1) is 0 Å². The lowest BCUT2D eigenvalue weighted by Gasteiger charge is -2.18. The molecule has 0 aliphatic carbocycles. The molecule has 0 saturated carbocycles. The number of nitriles is 1. The highest BCUT2D eigenvalue weighted by molar-refractivity contribution is 5.81. The van der Waals surface area contributed by atoms with Crippen LogP contribution in [0.5, 0.6) is 0 Å². The van der Waals surface area contributed by atoms with Gasteiger partial charge in [0.25, 0.3) is 0 Å². The number of hydrogen-bond donors (Lipinski definition) is 1. The maximum absolute atomic E-state index is 11.8. The second kappa shape index (κ2) is 8.11. The molecule has 0 bridgehead atoms. The number of nitrogens with zero attached hydrogens (tertiary/aromatic N) is 1. The normalized spacial score (nSPS) is 14.5. The van der Waals surface area contributed by atoms with E-state index in [1.165, 1.54) is 6.42 Å². The molecule has 0 radical (unpaired) electrons. The highest BCUT2D eigenvalue weighted by Gasteiger charge is 2.22. The Morgan fingerprint density at radius 1 is 1.18 bits per heavy atom. The van der Waals surface area contributed by atoms with Gasteiger partial charge in [-0.25, -0.2) is 0 Å². The lowest BCUT2D eigenvalue weighted by Crippen LogP contribution is -2.38. The number of nitrogens with one attached hydrogen (secondary N) is 1. The van der Waals surface area contributed by atoms with Crippen LogP contribution >= 0.6 is 0 Å². The summed E-state index contributed by atoms with van der Waals surface area (Å²) in [5.74, 6) is 0.130. The Morgan fingerprint density at radius 3 is 2.18 bits per heavy atom. The molecular formula is C14H26N2O. The van der Waals surface area contributed by atoms with Crippen molar-refractivity contribution >= 4 is 5.91 Å². The van der Waals surface area contributed by atoms with E-state index in [9.17, 15) is 4.79 Å². The molecule has 0 aromatic carbocycles. The van der Waals surface area contributed by atoms with Gasteiger partial charge < -0.3 is 5.32 Å². The molecule has 0 spiro atoms. The van der Waals surface area contributed by atoms with E-state index in [0.29, 0.717) is 5.92 Å². The zero-order chi connectivity index (χ0) is 13.4. The van der Waals surface area contributed by atoms with Gasteiger partial charge in [0.15, 0.2) is 0 Å². The molecule has 17 heavy (non-hydrogen) atoms. The van der Waals surface area contributed by atoms with Crippen LogP contribution in [0.25, 0.3) is 0 Å². The largest absolute Gasteiger partial charge is 0.353 e. The van der Waals surface area contributed by atoms with Crippen LogP contribution in [-0.4, -0.2) is 11.9 Å². The Kier molecular flexibility index (Phi) is 7.61. The first-order chi connectivity index (χ1) is 7.88. The third kappa shape index (κ3) is 6.99. The van der Waals surface area contributed by atoms with Crippen LogP contribution in [-0.2, 0) is 4.79 Å². The van der Waals surface area contributed by atoms with Crippen molar-refractivity contribution in [2.75, 3.05) is 0 Å². The third-order valence-corrected chi connectivity index (χ3v) is 2.90. The van der Waals surface area contributed by atoms with Gasteiger partial charge in [0.05, 0.1) is 6.07 Å². The van der Waals surface area contributed by atoms with Gasteiger partial charge in [0.2, 0.25) is 5.91 Å². The van der Waals surface area contributed by atoms with Crippen molar-refractivity contribution in [3.8, 4) is 6.07 Å². The first-order valence-electron chi connectivity index (χ1n) is 6.58. The van der Waals surface area contributed by atoms with E-state index in [2.05, 4.69) is 25.2 Å². The van der Waals surface area contributed by atoms with Gasteiger partial charge in [0.1, 0.15) is 5.92 Å². The van der Waals surface area contributed by atoms with Crippen LogP contribution in [0.4, 0.5) is 0 Å². The highest BCUT2D eigenvalue weighted by Crippen LogP contribution is 2.12. The van der Waals surface area contributed by atoms with Crippen LogP contribution in [0.2, 0.25) is 0 Å². The number of amides is 1. The average molecular weight is 238 g/mol. The van der Waals surface area contributed by atoms with E-state index < -0.39 is 5.92 Å². The average Bonchev–Trinajstić information content (AvgIpc) is 2.16. The Bertz CT molecular complexity index is 266. The lowest BCUT2D eigenvalue weighted by atomic mass is 9.96. The van der Waals surface area contributed by atoms with E-state index in [-0.39, 0.29) is 17.9 Å². The highest BCUT2D eigenvalue weighted by atomic mass is 16.1. The molecule has 3 nitrogen and oxygen atoms in total. The molecule has 0 saturated heterocycles. The van der Waals surface area contributed by atoms with Crippen molar-refractivity contribution in [2.24, 2.45) is 17.8 Å². The molecule has 0 aliphatic heterocycles. The fraction of sp³-hybridized carbons (Fsp3) is 0.857. The third-order valence-electron chi connectivity index (χ3n) is 2.90. The second-order valence-electron chi connectivity index (χ2n) is 5.59. The van der Waals surface area contributed by atoms with Crippen molar-refractivity contribution in [3.05, 3.63) is 0 Å². The van der Waals surface area contributed by atoms with Crippen molar-refractivity contribution in [1.82, 2.24) is 5.32 Å². The molecule has 0 rings (SSSR count). The first kappa shape index (κ1) is 16.0. The lowest BCUT2D eigenvalue weighted by molar-refractivity contribution is -0.125. The summed E-state index contributed by atoms with van der Waals surface area (Å²) >= 11 is 0. The van der Waals surface area contributed by atoms with Gasteiger partial charge in [-0.05, 0) is 25.2 Å². The van der Waals surface area contributed by atoms with Crippen molar-refractivity contribution in [1.29, 1.82) is 5.26 Å². The standard InChI is InChI=1S/C14H26N2O/c1-10(2)7-6-8-12(5)16-14(17)13(9-15)11(3)4/h10-13H,6-8H2,1-5H3,(H,16,17). The summed E-state index contributed by atoms with van der Waals surface area (Å²) in [5.41, 5.74) is 0. The minimum absolute atomic E-state index is 0.0721. The molecule has 2 unspecified atom stereocenters. The zero-order valence-electron chi connectivity index (χ0n) is 11.8. The summed E-state index contributed by atoms with van der Waals surface area (Å²) in [6.45, 7) is 10.2. The Hall–Kier alpha value is -1.04. The van der Waals surface area contributed by atoms with E-state index >= 15 is 0 Å². The molecule has 98 valence electrons. The van der Waals surface area contributed by atoms with E-state index in [0.717, 1.165) is 12.8 Å². The monoisotopic (exact) mass is 238 g/mol. The van der Waals surface area contributed by atoms with Crippen LogP contribution in [0.3, 0.4) is 0 Å². The summed E-state index contributed by atoms with van der Waals surface area (Å²) in [6.07, 6.45) is 3.30. The summed E-state index contributed by atoms with van der Waals surface area (Å²) in [4.78, 5) is 11.8. The molecular weight excluding hydrogens is 212 g/mol. The van der Waals surface area contributed by atoms with Gasteiger partial charge in [-0.3, -0.25) is 4.79 Å².